The zero-order valence-corrected chi connectivity index (χ0v) is 13.9. The topological polar surface area (TPSA) is 70.7 Å². The lowest BCUT2D eigenvalue weighted by molar-refractivity contribution is -0.129. The molecule has 0 aliphatic carbocycles. The molecule has 0 spiro atoms. The quantitative estimate of drug-likeness (QED) is 0.835. The van der Waals surface area contributed by atoms with Gasteiger partial charge in [-0.05, 0) is 31.5 Å². The molecule has 1 aliphatic heterocycles. The Labute approximate surface area is 141 Å². The number of hydrogen-bond donors (Lipinski definition) is 2. The highest BCUT2D eigenvalue weighted by Gasteiger charge is 2.26. The summed E-state index contributed by atoms with van der Waals surface area (Å²) in [4.78, 5) is 25.7. The van der Waals surface area contributed by atoms with Gasteiger partial charge in [0.05, 0.1) is 13.2 Å². The van der Waals surface area contributed by atoms with Crippen LogP contribution in [0.3, 0.4) is 0 Å². The molecule has 3 amide bonds. The fraction of sp³-hybridized carbons (Fsp3) is 0.500. The zero-order valence-electron chi connectivity index (χ0n) is 13.2. The number of nitrogens with one attached hydrogen (secondary N) is 2. The van der Waals surface area contributed by atoms with E-state index in [2.05, 4.69) is 10.6 Å². The van der Waals surface area contributed by atoms with Crippen LogP contribution in [0.4, 0.5) is 10.5 Å². The van der Waals surface area contributed by atoms with Crippen molar-refractivity contribution in [2.24, 2.45) is 5.92 Å². The minimum Gasteiger partial charge on any atom is -0.381 e. The van der Waals surface area contributed by atoms with Crippen LogP contribution in [0.25, 0.3) is 0 Å². The zero-order chi connectivity index (χ0) is 16.7. The first kappa shape index (κ1) is 17.6. The lowest BCUT2D eigenvalue weighted by atomic mass is 10.1. The predicted octanol–water partition coefficient (Wildman–Crippen LogP) is 2.35. The van der Waals surface area contributed by atoms with Crippen LogP contribution in [0.15, 0.2) is 24.3 Å². The second-order valence-corrected chi connectivity index (χ2v) is 5.91. The fourth-order valence-electron chi connectivity index (χ4n) is 2.49. The fourth-order valence-corrected chi connectivity index (χ4v) is 2.68. The number of nitrogens with zero attached hydrogens (tertiary/aromatic N) is 1. The summed E-state index contributed by atoms with van der Waals surface area (Å²) < 4.78 is 5.39. The van der Waals surface area contributed by atoms with E-state index in [9.17, 15) is 9.59 Å². The average Bonchev–Trinajstić information content (AvgIpc) is 2.99. The number of amides is 3. The summed E-state index contributed by atoms with van der Waals surface area (Å²) in [6.45, 7) is 4.72. The van der Waals surface area contributed by atoms with Crippen LogP contribution in [0, 0.1) is 5.92 Å². The molecule has 1 fully saturated rings. The Morgan fingerprint density at radius 1 is 1.43 bits per heavy atom. The van der Waals surface area contributed by atoms with Gasteiger partial charge < -0.3 is 20.3 Å². The number of carbonyl (C=O) groups excluding carboxylic acids is 2. The highest BCUT2D eigenvalue weighted by atomic mass is 35.5. The molecule has 1 heterocycles. The third-order valence-electron chi connectivity index (χ3n) is 3.68. The van der Waals surface area contributed by atoms with Gasteiger partial charge >= 0.3 is 6.03 Å². The second-order valence-electron chi connectivity index (χ2n) is 5.47. The summed E-state index contributed by atoms with van der Waals surface area (Å²) in [6, 6.07) is 6.41. The van der Waals surface area contributed by atoms with E-state index in [0.717, 1.165) is 6.42 Å². The van der Waals surface area contributed by atoms with Crippen molar-refractivity contribution in [2.45, 2.75) is 13.3 Å². The van der Waals surface area contributed by atoms with Crippen LogP contribution < -0.4 is 10.6 Å². The number of urea groups is 1. The molecule has 0 aromatic heterocycles. The Balaban J connectivity index is 1.71. The number of halogens is 1. The number of likely N-dealkylation sites (tertiary alicyclic amines) is 1. The van der Waals surface area contributed by atoms with E-state index in [-0.39, 0.29) is 12.5 Å². The number of ether oxygens (including phenoxy) is 1. The number of rotatable bonds is 6. The van der Waals surface area contributed by atoms with Gasteiger partial charge in [-0.2, -0.15) is 0 Å². The molecule has 7 heteroatoms. The maximum Gasteiger partial charge on any atom is 0.319 e. The van der Waals surface area contributed by atoms with Gasteiger partial charge in [-0.15, -0.1) is 0 Å². The van der Waals surface area contributed by atoms with Crippen LogP contribution in [-0.2, 0) is 9.53 Å². The third-order valence-corrected chi connectivity index (χ3v) is 3.91. The van der Waals surface area contributed by atoms with Gasteiger partial charge in [0, 0.05) is 36.3 Å². The molecule has 0 bridgehead atoms. The van der Waals surface area contributed by atoms with Crippen molar-refractivity contribution in [1.29, 1.82) is 0 Å². The lowest BCUT2D eigenvalue weighted by Crippen LogP contribution is -2.40. The van der Waals surface area contributed by atoms with E-state index in [1.807, 2.05) is 6.92 Å². The summed E-state index contributed by atoms with van der Waals surface area (Å²) in [5, 5.41) is 5.75. The predicted molar refractivity (Wildman–Crippen MR) is 89.7 cm³/mol. The minimum atomic E-state index is -0.425. The molecule has 1 saturated heterocycles. The van der Waals surface area contributed by atoms with Crippen molar-refractivity contribution < 1.29 is 14.3 Å². The number of carbonyl (C=O) groups is 2. The summed E-state index contributed by atoms with van der Waals surface area (Å²) in [6.07, 6.45) is 0.945. The highest BCUT2D eigenvalue weighted by Crippen LogP contribution is 2.16. The van der Waals surface area contributed by atoms with Gasteiger partial charge in [0.2, 0.25) is 5.91 Å². The molecular formula is C16H22ClN3O3. The Kier molecular flexibility index (Phi) is 6.67. The first-order valence-corrected chi connectivity index (χ1v) is 8.12. The van der Waals surface area contributed by atoms with Crippen molar-refractivity contribution in [3.63, 3.8) is 0 Å². The molecule has 0 saturated carbocycles. The van der Waals surface area contributed by atoms with Crippen molar-refractivity contribution in [2.75, 3.05) is 38.2 Å². The largest absolute Gasteiger partial charge is 0.381 e. The standard InChI is InChI=1S/C16H22ClN3O3/c1-2-23-11-12-6-7-20(10-12)15(21)9-18-16(22)19-14-5-3-4-13(17)8-14/h3-5,8,12H,2,6-7,9-11H2,1H3,(H2,18,19,22). The van der Waals surface area contributed by atoms with Crippen molar-refractivity contribution in [3.8, 4) is 0 Å². The van der Waals surface area contributed by atoms with Crippen LogP contribution in [-0.4, -0.2) is 49.7 Å². The van der Waals surface area contributed by atoms with Crippen molar-refractivity contribution in [3.05, 3.63) is 29.3 Å². The average molecular weight is 340 g/mol. The van der Waals surface area contributed by atoms with E-state index in [1.165, 1.54) is 0 Å². The van der Waals surface area contributed by atoms with Gasteiger partial charge in [0.1, 0.15) is 0 Å². The maximum absolute atomic E-state index is 12.1. The molecule has 23 heavy (non-hydrogen) atoms. The van der Waals surface area contributed by atoms with Crippen LogP contribution in [0.5, 0.6) is 0 Å². The van der Waals surface area contributed by atoms with E-state index in [1.54, 1.807) is 29.2 Å². The normalized spacial score (nSPS) is 17.1. The Morgan fingerprint density at radius 2 is 2.26 bits per heavy atom. The number of hydrogen-bond acceptors (Lipinski definition) is 3. The molecule has 2 rings (SSSR count). The van der Waals surface area contributed by atoms with E-state index in [0.29, 0.717) is 42.9 Å². The molecular weight excluding hydrogens is 318 g/mol. The van der Waals surface area contributed by atoms with Gasteiger partial charge in [-0.3, -0.25) is 4.79 Å². The lowest BCUT2D eigenvalue weighted by Gasteiger charge is -2.17. The molecule has 126 valence electrons. The van der Waals surface area contributed by atoms with Crippen molar-refractivity contribution in [1.82, 2.24) is 10.2 Å². The van der Waals surface area contributed by atoms with E-state index >= 15 is 0 Å². The van der Waals surface area contributed by atoms with Gasteiger partial charge in [0.15, 0.2) is 0 Å². The minimum absolute atomic E-state index is 0.0201. The smallest absolute Gasteiger partial charge is 0.319 e. The summed E-state index contributed by atoms with van der Waals surface area (Å²) in [7, 11) is 0. The van der Waals surface area contributed by atoms with Gasteiger partial charge in [0.25, 0.3) is 0 Å². The molecule has 1 atom stereocenters. The van der Waals surface area contributed by atoms with Gasteiger partial charge in [-0.1, -0.05) is 17.7 Å². The van der Waals surface area contributed by atoms with Gasteiger partial charge in [-0.25, -0.2) is 4.79 Å². The maximum atomic E-state index is 12.1. The Morgan fingerprint density at radius 3 is 3.00 bits per heavy atom. The van der Waals surface area contributed by atoms with E-state index < -0.39 is 6.03 Å². The summed E-state index contributed by atoms with van der Waals surface area (Å²) in [5.74, 6) is 0.310. The SMILES string of the molecule is CCOCC1CCN(C(=O)CNC(=O)Nc2cccc(Cl)c2)C1. The summed E-state index contributed by atoms with van der Waals surface area (Å²) in [5.41, 5.74) is 0.584. The van der Waals surface area contributed by atoms with E-state index in [4.69, 9.17) is 16.3 Å². The molecule has 1 aromatic carbocycles. The van der Waals surface area contributed by atoms with Crippen LogP contribution >= 0.6 is 11.6 Å². The number of anilines is 1. The molecule has 2 N–H and O–H groups in total. The van der Waals surface area contributed by atoms with Crippen LogP contribution in [0.1, 0.15) is 13.3 Å². The monoisotopic (exact) mass is 339 g/mol. The molecule has 1 aliphatic rings. The Bertz CT molecular complexity index is 553. The second kappa shape index (κ2) is 8.74. The molecule has 0 radical (unpaired) electrons. The Hall–Kier alpha value is -1.79. The molecule has 1 unspecified atom stereocenters. The first-order chi connectivity index (χ1) is 11.1. The molecule has 6 nitrogen and oxygen atoms in total. The third kappa shape index (κ3) is 5.73. The first-order valence-electron chi connectivity index (χ1n) is 7.74. The highest BCUT2D eigenvalue weighted by molar-refractivity contribution is 6.30. The van der Waals surface area contributed by atoms with Crippen LogP contribution in [0.2, 0.25) is 5.02 Å². The number of benzene rings is 1. The summed E-state index contributed by atoms with van der Waals surface area (Å²) >= 11 is 5.85. The van der Waals surface area contributed by atoms with Crippen molar-refractivity contribution >= 4 is 29.2 Å². The molecule has 1 aromatic rings.